The summed E-state index contributed by atoms with van der Waals surface area (Å²) >= 11 is 0. The summed E-state index contributed by atoms with van der Waals surface area (Å²) in [6, 6.07) is 0. The molecule has 0 bridgehead atoms. The summed E-state index contributed by atoms with van der Waals surface area (Å²) in [7, 11) is 0. The molecule has 0 radical (unpaired) electrons. The molecule has 0 saturated carbocycles. The molecule has 0 aromatic heterocycles. The molecule has 0 aromatic rings. The molecule has 0 aliphatic carbocycles. The van der Waals surface area contributed by atoms with E-state index in [0.717, 1.165) is 0 Å². The van der Waals surface area contributed by atoms with Crippen molar-refractivity contribution in [1.29, 1.82) is 0 Å². The number of ether oxygens (including phenoxy) is 2. The molecule has 7 heteroatoms. The average Bonchev–Trinajstić information content (AvgIpc) is 2.41. The van der Waals surface area contributed by atoms with Gasteiger partial charge in [-0.3, -0.25) is 9.59 Å². The van der Waals surface area contributed by atoms with Crippen molar-refractivity contribution >= 4 is 11.7 Å². The summed E-state index contributed by atoms with van der Waals surface area (Å²) in [5, 5.41) is 17.2. The highest BCUT2D eigenvalue weighted by atomic mass is 16.5. The molecule has 0 aromatic carbocycles. The van der Waals surface area contributed by atoms with Crippen molar-refractivity contribution in [3.63, 3.8) is 0 Å². The third-order valence-electron chi connectivity index (χ3n) is 2.39. The second-order valence-electron chi connectivity index (χ2n) is 4.34. The summed E-state index contributed by atoms with van der Waals surface area (Å²) in [5.74, 6) is -0.382. The Morgan fingerprint density at radius 3 is 1.83 bits per heavy atom. The van der Waals surface area contributed by atoms with Crippen LogP contribution in [0.2, 0.25) is 0 Å². The maximum Gasteiger partial charge on any atom is 0.249 e. The highest BCUT2D eigenvalue weighted by molar-refractivity contribution is 5.85. The fraction of sp³-hybridized carbons (Fsp3) is 0.882. The second-order valence-corrected chi connectivity index (χ2v) is 4.34. The van der Waals surface area contributed by atoms with E-state index in [-0.39, 0.29) is 67.8 Å². The zero-order chi connectivity index (χ0) is 15.2. The summed E-state index contributed by atoms with van der Waals surface area (Å²) in [5.41, 5.74) is 0. The first-order valence-corrected chi connectivity index (χ1v) is 6.76. The lowest BCUT2D eigenvalue weighted by molar-refractivity contribution is -0.139. The Bertz CT molecular complexity index is 274. The van der Waals surface area contributed by atoms with Crippen LogP contribution in [0.15, 0.2) is 0 Å². The molecule has 0 unspecified atom stereocenters. The van der Waals surface area contributed by atoms with Crippen molar-refractivity contribution < 1.29 is 29.3 Å². The van der Waals surface area contributed by atoms with E-state index < -0.39 is 0 Å². The molecule has 2 N–H and O–H groups in total. The van der Waals surface area contributed by atoms with Gasteiger partial charge >= 0.3 is 0 Å². The van der Waals surface area contributed by atoms with Gasteiger partial charge in [0.25, 0.3) is 0 Å². The van der Waals surface area contributed by atoms with Crippen molar-refractivity contribution in [1.82, 2.24) is 4.90 Å². The number of aliphatic hydroxyl groups excluding tert-OH is 2. The zero-order valence-corrected chi connectivity index (χ0v) is 12.0. The molecule has 0 aliphatic rings. The van der Waals surface area contributed by atoms with Crippen LogP contribution in [0.5, 0.6) is 0 Å². The third kappa shape index (κ3) is 21.0. The van der Waals surface area contributed by atoms with Crippen LogP contribution in [-0.2, 0) is 19.1 Å². The first-order valence-electron chi connectivity index (χ1n) is 6.76. The van der Waals surface area contributed by atoms with Gasteiger partial charge in [-0.25, -0.2) is 0 Å². The van der Waals surface area contributed by atoms with E-state index in [1.807, 2.05) is 0 Å². The van der Waals surface area contributed by atoms with Crippen molar-refractivity contribution in [2.24, 2.45) is 0 Å². The first-order chi connectivity index (χ1) is 9.61. The van der Waals surface area contributed by atoms with Gasteiger partial charge < -0.3 is 24.6 Å². The Hall–Kier alpha value is -1.02. The second kappa shape index (κ2) is 24.2. The Kier molecular flexibility index (Phi) is 34.7. The van der Waals surface area contributed by atoms with Gasteiger partial charge in [0.1, 0.15) is 12.4 Å². The number of Topliss-reactive ketones (excluding diaryl/α,β-unsaturated/α-hetero) is 1. The maximum atomic E-state index is 11.9. The number of hydrogen-bond donors (Lipinski definition) is 2. The normalized spacial score (nSPS) is 8.79. The minimum absolute atomic E-state index is 0. The number of nitrogens with zero attached hydrogens (tertiary/aromatic N) is 1. The number of aliphatic hydroxyl groups is 2. The number of rotatable bonds is 13. The molecule has 150 valence electrons. The fourth-order valence-electron chi connectivity index (χ4n) is 1.42. The molecule has 24 heavy (non-hydrogen) atoms. The molecule has 0 heterocycles. The molecule has 0 fully saturated rings. The molecule has 0 saturated heterocycles. The first kappa shape index (κ1) is 34.3. The van der Waals surface area contributed by atoms with Crippen LogP contribution in [0.25, 0.3) is 0 Å². The zero-order valence-electron chi connectivity index (χ0n) is 12.0. The van der Waals surface area contributed by atoms with Crippen LogP contribution < -0.4 is 0 Å². The van der Waals surface area contributed by atoms with Crippen LogP contribution in [0.1, 0.15) is 49.5 Å². The summed E-state index contributed by atoms with van der Waals surface area (Å²) in [6.45, 7) is 2.78. The fourth-order valence-corrected chi connectivity index (χ4v) is 1.42. The van der Waals surface area contributed by atoms with E-state index >= 15 is 0 Å². The molecular formula is C17H41NO6. The monoisotopic (exact) mass is 355 g/mol. The SMILES string of the molecule is C.C.C.C.CC(=O)CN(CCOCCCO)C(=O)COCCCO. The van der Waals surface area contributed by atoms with Gasteiger partial charge in [-0.1, -0.05) is 29.7 Å². The average molecular weight is 356 g/mol. The highest BCUT2D eigenvalue weighted by Gasteiger charge is 2.15. The van der Waals surface area contributed by atoms with Crippen molar-refractivity contribution in [2.75, 3.05) is 52.7 Å². The molecule has 0 aliphatic heterocycles. The van der Waals surface area contributed by atoms with Gasteiger partial charge in [0, 0.05) is 33.0 Å². The predicted molar refractivity (Wildman–Crippen MR) is 99.2 cm³/mol. The lowest BCUT2D eigenvalue weighted by Crippen LogP contribution is -2.39. The standard InChI is InChI=1S/C13H25NO6.4CH4/c1-12(17)10-14(4-9-19-7-2-5-15)13(18)11-20-8-3-6-16;;;;/h15-16H,2-11H2,1H3;4*1H4. The van der Waals surface area contributed by atoms with Crippen LogP contribution in [0.4, 0.5) is 0 Å². The Morgan fingerprint density at radius 1 is 0.875 bits per heavy atom. The van der Waals surface area contributed by atoms with Gasteiger partial charge in [0.15, 0.2) is 0 Å². The molecular weight excluding hydrogens is 314 g/mol. The number of hydrogen-bond acceptors (Lipinski definition) is 6. The molecule has 0 atom stereocenters. The van der Waals surface area contributed by atoms with Gasteiger partial charge in [0.2, 0.25) is 5.91 Å². The Morgan fingerprint density at radius 2 is 1.38 bits per heavy atom. The largest absolute Gasteiger partial charge is 0.396 e. The summed E-state index contributed by atoms with van der Waals surface area (Å²) in [4.78, 5) is 24.4. The van der Waals surface area contributed by atoms with Crippen LogP contribution in [0, 0.1) is 0 Å². The van der Waals surface area contributed by atoms with E-state index in [4.69, 9.17) is 19.7 Å². The minimum atomic E-state index is -0.274. The smallest absolute Gasteiger partial charge is 0.249 e. The van der Waals surface area contributed by atoms with Crippen molar-refractivity contribution in [3.05, 3.63) is 0 Å². The van der Waals surface area contributed by atoms with E-state index in [2.05, 4.69) is 0 Å². The molecule has 0 rings (SSSR count). The van der Waals surface area contributed by atoms with Crippen LogP contribution in [-0.4, -0.2) is 79.5 Å². The van der Waals surface area contributed by atoms with Crippen molar-refractivity contribution in [2.45, 2.75) is 49.5 Å². The third-order valence-corrected chi connectivity index (χ3v) is 2.39. The number of ketones is 1. The minimum Gasteiger partial charge on any atom is -0.396 e. The number of carbonyl (C=O) groups is 2. The topological polar surface area (TPSA) is 96.3 Å². The maximum absolute atomic E-state index is 11.9. The number of carbonyl (C=O) groups excluding carboxylic acids is 2. The van der Waals surface area contributed by atoms with Gasteiger partial charge in [-0.15, -0.1) is 0 Å². The van der Waals surface area contributed by atoms with E-state index in [0.29, 0.717) is 39.2 Å². The number of amides is 1. The van der Waals surface area contributed by atoms with E-state index in [1.165, 1.54) is 11.8 Å². The van der Waals surface area contributed by atoms with Crippen LogP contribution in [0.3, 0.4) is 0 Å². The van der Waals surface area contributed by atoms with Gasteiger partial charge in [-0.2, -0.15) is 0 Å². The lowest BCUT2D eigenvalue weighted by atomic mass is 10.3. The highest BCUT2D eigenvalue weighted by Crippen LogP contribution is 1.94. The molecule has 1 amide bonds. The van der Waals surface area contributed by atoms with E-state index in [1.54, 1.807) is 0 Å². The quantitative estimate of drug-likeness (QED) is 0.489. The van der Waals surface area contributed by atoms with Crippen molar-refractivity contribution in [3.8, 4) is 0 Å². The van der Waals surface area contributed by atoms with Gasteiger partial charge in [-0.05, 0) is 19.8 Å². The predicted octanol–water partition coefficient (Wildman–Crippen LogP) is 1.75. The molecule has 7 nitrogen and oxygen atoms in total. The van der Waals surface area contributed by atoms with Crippen LogP contribution >= 0.6 is 0 Å². The summed E-state index contributed by atoms with van der Waals surface area (Å²) < 4.78 is 10.3. The Labute approximate surface area is 149 Å². The summed E-state index contributed by atoms with van der Waals surface area (Å²) in [6.07, 6.45) is 1.02. The lowest BCUT2D eigenvalue weighted by Gasteiger charge is -2.21. The van der Waals surface area contributed by atoms with Gasteiger partial charge in [0.05, 0.1) is 13.2 Å². The Balaban J connectivity index is -0.000000301. The van der Waals surface area contributed by atoms with E-state index in [9.17, 15) is 9.59 Å². The molecule has 0 spiro atoms.